The molecule has 2 aliphatic rings. The van der Waals surface area contributed by atoms with Gasteiger partial charge in [-0.3, -0.25) is 4.90 Å². The van der Waals surface area contributed by atoms with Gasteiger partial charge in [0.05, 0.1) is 19.3 Å². The first-order chi connectivity index (χ1) is 10.2. The molecule has 0 bridgehead atoms. The van der Waals surface area contributed by atoms with E-state index in [9.17, 15) is 0 Å². The van der Waals surface area contributed by atoms with E-state index in [-0.39, 0.29) is 5.54 Å². The Labute approximate surface area is 127 Å². The highest BCUT2D eigenvalue weighted by molar-refractivity contribution is 5.51. The number of hydrogen-bond donors (Lipinski definition) is 1. The SMILES string of the molecule is COc1cccc2c1OCCC2(CN)N1CCC(C)CC1. The molecule has 1 aromatic carbocycles. The molecule has 3 rings (SSSR count). The van der Waals surface area contributed by atoms with Gasteiger partial charge in [-0.25, -0.2) is 0 Å². The predicted octanol–water partition coefficient (Wildman–Crippen LogP) is 2.36. The zero-order valence-corrected chi connectivity index (χ0v) is 13.1. The van der Waals surface area contributed by atoms with Gasteiger partial charge < -0.3 is 15.2 Å². The second-order valence-corrected chi connectivity index (χ2v) is 6.34. The molecule has 0 spiro atoms. The minimum atomic E-state index is -0.0950. The fourth-order valence-corrected chi connectivity index (χ4v) is 3.75. The summed E-state index contributed by atoms with van der Waals surface area (Å²) in [6.45, 7) is 5.92. The number of likely N-dealkylation sites (tertiary alicyclic amines) is 1. The van der Waals surface area contributed by atoms with Crippen molar-refractivity contribution in [2.24, 2.45) is 11.7 Å². The van der Waals surface area contributed by atoms with Crippen LogP contribution in [0.5, 0.6) is 11.5 Å². The number of fused-ring (bicyclic) bond motifs is 1. The third kappa shape index (κ3) is 2.40. The average Bonchev–Trinajstić information content (AvgIpc) is 2.54. The summed E-state index contributed by atoms with van der Waals surface area (Å²) in [5.74, 6) is 2.52. The smallest absolute Gasteiger partial charge is 0.166 e. The molecule has 1 unspecified atom stereocenters. The Balaban J connectivity index is 2.01. The Hall–Kier alpha value is -1.26. The first-order valence-electron chi connectivity index (χ1n) is 7.96. The third-order valence-corrected chi connectivity index (χ3v) is 5.19. The van der Waals surface area contributed by atoms with Gasteiger partial charge in [0.2, 0.25) is 0 Å². The quantitative estimate of drug-likeness (QED) is 0.928. The number of nitrogens with two attached hydrogens (primary N) is 1. The average molecular weight is 290 g/mol. The number of ether oxygens (including phenoxy) is 2. The molecule has 0 aromatic heterocycles. The standard InChI is InChI=1S/C17H26N2O2/c1-13-6-9-19(10-7-13)17(12-18)8-11-21-16-14(17)4-3-5-15(16)20-2/h3-5,13H,6-12,18H2,1-2H3. The lowest BCUT2D eigenvalue weighted by Gasteiger charge is -2.49. The molecule has 2 heterocycles. The van der Waals surface area contributed by atoms with Gasteiger partial charge in [-0.15, -0.1) is 0 Å². The van der Waals surface area contributed by atoms with Gasteiger partial charge in [-0.1, -0.05) is 19.1 Å². The molecule has 21 heavy (non-hydrogen) atoms. The van der Waals surface area contributed by atoms with E-state index in [0.29, 0.717) is 13.2 Å². The Morgan fingerprint density at radius 2 is 2.14 bits per heavy atom. The van der Waals surface area contributed by atoms with E-state index in [4.69, 9.17) is 15.2 Å². The van der Waals surface area contributed by atoms with Gasteiger partial charge in [0.15, 0.2) is 11.5 Å². The maximum atomic E-state index is 6.27. The normalized spacial score (nSPS) is 27.0. The van der Waals surface area contributed by atoms with Crippen LogP contribution >= 0.6 is 0 Å². The van der Waals surface area contributed by atoms with E-state index >= 15 is 0 Å². The van der Waals surface area contributed by atoms with Gasteiger partial charge in [0.1, 0.15) is 0 Å². The highest BCUT2D eigenvalue weighted by Crippen LogP contribution is 2.46. The van der Waals surface area contributed by atoms with E-state index in [1.165, 1.54) is 18.4 Å². The molecule has 1 atom stereocenters. The Bertz CT molecular complexity index is 498. The van der Waals surface area contributed by atoms with E-state index in [0.717, 1.165) is 36.9 Å². The largest absolute Gasteiger partial charge is 0.493 e. The first-order valence-corrected chi connectivity index (χ1v) is 7.96. The van der Waals surface area contributed by atoms with E-state index < -0.39 is 0 Å². The van der Waals surface area contributed by atoms with Crippen LogP contribution in [0.4, 0.5) is 0 Å². The first kappa shape index (κ1) is 14.7. The van der Waals surface area contributed by atoms with Crippen molar-refractivity contribution in [2.75, 3.05) is 33.4 Å². The number of piperidine rings is 1. The van der Waals surface area contributed by atoms with Crippen LogP contribution in [0.1, 0.15) is 31.7 Å². The van der Waals surface area contributed by atoms with Gasteiger partial charge in [-0.05, 0) is 37.9 Å². The summed E-state index contributed by atoms with van der Waals surface area (Å²) in [6.07, 6.45) is 3.46. The molecule has 2 N–H and O–H groups in total. The lowest BCUT2D eigenvalue weighted by molar-refractivity contribution is 0.0219. The molecule has 116 valence electrons. The van der Waals surface area contributed by atoms with Gasteiger partial charge in [0.25, 0.3) is 0 Å². The number of hydrogen-bond acceptors (Lipinski definition) is 4. The fourth-order valence-electron chi connectivity index (χ4n) is 3.75. The molecule has 0 aliphatic carbocycles. The Kier molecular flexibility index (Phi) is 4.09. The highest BCUT2D eigenvalue weighted by Gasteiger charge is 2.43. The van der Waals surface area contributed by atoms with Crippen molar-refractivity contribution >= 4 is 0 Å². The molecule has 1 saturated heterocycles. The molecular formula is C17H26N2O2. The van der Waals surface area contributed by atoms with Crippen molar-refractivity contribution in [1.82, 2.24) is 4.90 Å². The summed E-state index contributed by atoms with van der Waals surface area (Å²) >= 11 is 0. The number of para-hydroxylation sites is 1. The third-order valence-electron chi connectivity index (χ3n) is 5.19. The van der Waals surface area contributed by atoms with Crippen LogP contribution in [0, 0.1) is 5.92 Å². The van der Waals surface area contributed by atoms with Gasteiger partial charge in [0, 0.05) is 18.5 Å². The van der Waals surface area contributed by atoms with Crippen LogP contribution in [0.15, 0.2) is 18.2 Å². The Morgan fingerprint density at radius 3 is 2.81 bits per heavy atom. The second kappa shape index (κ2) is 5.85. The molecule has 4 nitrogen and oxygen atoms in total. The lowest BCUT2D eigenvalue weighted by atomic mass is 9.80. The van der Waals surface area contributed by atoms with Crippen molar-refractivity contribution in [1.29, 1.82) is 0 Å². The maximum Gasteiger partial charge on any atom is 0.166 e. The van der Waals surface area contributed by atoms with Crippen molar-refractivity contribution < 1.29 is 9.47 Å². The van der Waals surface area contributed by atoms with Crippen LogP contribution in [-0.2, 0) is 5.54 Å². The molecular weight excluding hydrogens is 264 g/mol. The molecule has 0 radical (unpaired) electrons. The fraction of sp³-hybridized carbons (Fsp3) is 0.647. The molecule has 2 aliphatic heterocycles. The molecule has 0 saturated carbocycles. The van der Waals surface area contributed by atoms with Crippen molar-refractivity contribution in [3.63, 3.8) is 0 Å². The van der Waals surface area contributed by atoms with Crippen LogP contribution in [0.25, 0.3) is 0 Å². The summed E-state index contributed by atoms with van der Waals surface area (Å²) in [5.41, 5.74) is 7.38. The van der Waals surface area contributed by atoms with Crippen LogP contribution < -0.4 is 15.2 Å². The lowest BCUT2D eigenvalue weighted by Crippen LogP contribution is -2.56. The number of benzene rings is 1. The minimum absolute atomic E-state index is 0.0950. The van der Waals surface area contributed by atoms with Crippen molar-refractivity contribution in [2.45, 2.75) is 31.7 Å². The second-order valence-electron chi connectivity index (χ2n) is 6.34. The van der Waals surface area contributed by atoms with Crippen LogP contribution in [0.3, 0.4) is 0 Å². The summed E-state index contributed by atoms with van der Waals surface area (Å²) in [4.78, 5) is 2.58. The van der Waals surface area contributed by atoms with Crippen molar-refractivity contribution in [3.05, 3.63) is 23.8 Å². The number of methoxy groups -OCH3 is 1. The Morgan fingerprint density at radius 1 is 1.38 bits per heavy atom. The molecule has 4 heteroatoms. The highest BCUT2D eigenvalue weighted by atomic mass is 16.5. The molecule has 1 fully saturated rings. The zero-order chi connectivity index (χ0) is 14.9. The van der Waals surface area contributed by atoms with Gasteiger partial charge in [-0.2, -0.15) is 0 Å². The monoisotopic (exact) mass is 290 g/mol. The van der Waals surface area contributed by atoms with Gasteiger partial charge >= 0.3 is 0 Å². The summed E-state index contributed by atoms with van der Waals surface area (Å²) in [7, 11) is 1.69. The maximum absolute atomic E-state index is 6.27. The van der Waals surface area contributed by atoms with Crippen molar-refractivity contribution in [3.8, 4) is 11.5 Å². The van der Waals surface area contributed by atoms with Crippen LogP contribution in [-0.4, -0.2) is 38.3 Å². The topological polar surface area (TPSA) is 47.7 Å². The van der Waals surface area contributed by atoms with E-state index in [2.05, 4.69) is 17.9 Å². The van der Waals surface area contributed by atoms with E-state index in [1.54, 1.807) is 7.11 Å². The molecule has 1 aromatic rings. The summed E-state index contributed by atoms with van der Waals surface area (Å²) in [5, 5.41) is 0. The minimum Gasteiger partial charge on any atom is -0.493 e. The summed E-state index contributed by atoms with van der Waals surface area (Å²) < 4.78 is 11.4. The number of rotatable bonds is 3. The predicted molar refractivity (Wildman–Crippen MR) is 83.8 cm³/mol. The summed E-state index contributed by atoms with van der Waals surface area (Å²) in [6, 6.07) is 6.16. The zero-order valence-electron chi connectivity index (χ0n) is 13.1. The van der Waals surface area contributed by atoms with E-state index in [1.807, 2.05) is 12.1 Å². The van der Waals surface area contributed by atoms with Crippen LogP contribution in [0.2, 0.25) is 0 Å². The molecule has 0 amide bonds. The number of nitrogens with zero attached hydrogens (tertiary/aromatic N) is 1.